The lowest BCUT2D eigenvalue weighted by Gasteiger charge is -2.08. The third-order valence-electron chi connectivity index (χ3n) is 3.82. The number of hydrogen-bond acceptors (Lipinski definition) is 4. The molecule has 0 saturated heterocycles. The lowest BCUT2D eigenvalue weighted by molar-refractivity contribution is 0.104. The second kappa shape index (κ2) is 9.52. The molecule has 1 N–H and O–H groups in total. The van der Waals surface area contributed by atoms with Gasteiger partial charge in [-0.25, -0.2) is 0 Å². The van der Waals surface area contributed by atoms with Crippen LogP contribution in [0.25, 0.3) is 0 Å². The standard InChI is InChI=1S/C21H25NO3/c1-4-5-14-25-18-10-7-17(8-11-18)21(23)12-13-22-20-15-19(24-3)9-6-16(20)2/h6-13,15,22H,4-5,14H2,1-3H3. The number of methoxy groups -OCH3 is 1. The molecule has 0 amide bonds. The number of unbranched alkanes of at least 4 members (excludes halogenated alkanes) is 1. The highest BCUT2D eigenvalue weighted by atomic mass is 16.5. The summed E-state index contributed by atoms with van der Waals surface area (Å²) in [7, 11) is 1.63. The zero-order valence-corrected chi connectivity index (χ0v) is 15.0. The van der Waals surface area contributed by atoms with Crippen molar-refractivity contribution in [3.8, 4) is 11.5 Å². The van der Waals surface area contributed by atoms with Gasteiger partial charge in [-0.2, -0.15) is 0 Å². The maximum absolute atomic E-state index is 12.2. The topological polar surface area (TPSA) is 47.6 Å². The maximum atomic E-state index is 12.2. The van der Waals surface area contributed by atoms with Crippen molar-refractivity contribution in [2.75, 3.05) is 19.0 Å². The van der Waals surface area contributed by atoms with Gasteiger partial charge < -0.3 is 14.8 Å². The largest absolute Gasteiger partial charge is 0.497 e. The van der Waals surface area contributed by atoms with Crippen LogP contribution in [0.15, 0.2) is 54.7 Å². The van der Waals surface area contributed by atoms with Crippen molar-refractivity contribution in [1.29, 1.82) is 0 Å². The Morgan fingerprint density at radius 2 is 1.84 bits per heavy atom. The van der Waals surface area contributed by atoms with E-state index in [0.29, 0.717) is 12.2 Å². The third-order valence-corrected chi connectivity index (χ3v) is 3.82. The quantitative estimate of drug-likeness (QED) is 0.397. The molecular formula is C21H25NO3. The van der Waals surface area contributed by atoms with E-state index in [9.17, 15) is 4.79 Å². The zero-order chi connectivity index (χ0) is 18.1. The van der Waals surface area contributed by atoms with Gasteiger partial charge in [-0.15, -0.1) is 0 Å². The molecule has 0 atom stereocenters. The summed E-state index contributed by atoms with van der Waals surface area (Å²) in [5.41, 5.74) is 2.61. The highest BCUT2D eigenvalue weighted by Gasteiger charge is 2.03. The Bertz CT molecular complexity index is 720. The molecule has 0 fully saturated rings. The minimum absolute atomic E-state index is 0.0619. The molecule has 4 heteroatoms. The van der Waals surface area contributed by atoms with Crippen LogP contribution in [-0.2, 0) is 0 Å². The second-order valence-electron chi connectivity index (χ2n) is 5.75. The smallest absolute Gasteiger partial charge is 0.187 e. The second-order valence-corrected chi connectivity index (χ2v) is 5.75. The summed E-state index contributed by atoms with van der Waals surface area (Å²) in [5, 5.41) is 3.13. The Morgan fingerprint density at radius 3 is 2.52 bits per heavy atom. The highest BCUT2D eigenvalue weighted by Crippen LogP contribution is 2.21. The molecular weight excluding hydrogens is 314 g/mol. The normalized spacial score (nSPS) is 10.7. The van der Waals surface area contributed by atoms with E-state index < -0.39 is 0 Å². The summed E-state index contributed by atoms with van der Waals surface area (Å²) in [6, 6.07) is 13.0. The summed E-state index contributed by atoms with van der Waals surface area (Å²) in [6.07, 6.45) is 5.29. The van der Waals surface area contributed by atoms with E-state index in [0.717, 1.165) is 35.6 Å². The van der Waals surface area contributed by atoms with Crippen LogP contribution in [-0.4, -0.2) is 19.5 Å². The number of benzene rings is 2. The Kier molecular flexibility index (Phi) is 7.08. The van der Waals surface area contributed by atoms with Gasteiger partial charge in [0.15, 0.2) is 5.78 Å². The Balaban J connectivity index is 1.94. The van der Waals surface area contributed by atoms with Crippen LogP contribution in [0.4, 0.5) is 5.69 Å². The Hall–Kier alpha value is -2.75. The molecule has 0 aliphatic rings. The predicted molar refractivity (Wildman–Crippen MR) is 102 cm³/mol. The molecule has 0 saturated carbocycles. The number of aryl methyl sites for hydroxylation is 1. The van der Waals surface area contributed by atoms with Gasteiger partial charge in [-0.05, 0) is 49.2 Å². The van der Waals surface area contributed by atoms with Crippen LogP contribution < -0.4 is 14.8 Å². The summed E-state index contributed by atoms with van der Waals surface area (Å²) < 4.78 is 10.8. The number of nitrogens with one attached hydrogen (secondary N) is 1. The fourth-order valence-corrected chi connectivity index (χ4v) is 2.24. The van der Waals surface area contributed by atoms with Crippen LogP contribution in [0.2, 0.25) is 0 Å². The first kappa shape index (κ1) is 18.6. The van der Waals surface area contributed by atoms with Crippen molar-refractivity contribution >= 4 is 11.5 Å². The molecule has 0 aliphatic heterocycles. The predicted octanol–water partition coefficient (Wildman–Crippen LogP) is 4.99. The summed E-state index contributed by atoms with van der Waals surface area (Å²) in [5.74, 6) is 1.50. The van der Waals surface area contributed by atoms with E-state index in [2.05, 4.69) is 12.2 Å². The minimum Gasteiger partial charge on any atom is -0.497 e. The van der Waals surface area contributed by atoms with E-state index in [1.807, 2.05) is 37.3 Å². The third kappa shape index (κ3) is 5.68. The monoisotopic (exact) mass is 339 g/mol. The van der Waals surface area contributed by atoms with Gasteiger partial charge in [-0.1, -0.05) is 19.4 Å². The van der Waals surface area contributed by atoms with Crippen LogP contribution >= 0.6 is 0 Å². The fraction of sp³-hybridized carbons (Fsp3) is 0.286. The van der Waals surface area contributed by atoms with Crippen LogP contribution in [0.3, 0.4) is 0 Å². The van der Waals surface area contributed by atoms with Crippen LogP contribution in [0.1, 0.15) is 35.7 Å². The van der Waals surface area contributed by atoms with Gasteiger partial charge in [0.1, 0.15) is 11.5 Å². The molecule has 0 aromatic heterocycles. The lowest BCUT2D eigenvalue weighted by atomic mass is 10.1. The molecule has 2 rings (SSSR count). The number of carbonyl (C=O) groups is 1. The fourth-order valence-electron chi connectivity index (χ4n) is 2.24. The molecule has 132 valence electrons. The van der Waals surface area contributed by atoms with Crippen LogP contribution in [0, 0.1) is 6.92 Å². The summed E-state index contributed by atoms with van der Waals surface area (Å²) >= 11 is 0. The number of hydrogen-bond donors (Lipinski definition) is 1. The number of anilines is 1. The molecule has 0 unspecified atom stereocenters. The van der Waals surface area contributed by atoms with Crippen LogP contribution in [0.5, 0.6) is 11.5 Å². The number of rotatable bonds is 9. The molecule has 2 aromatic rings. The van der Waals surface area contributed by atoms with Gasteiger partial charge in [0, 0.05) is 29.6 Å². The average molecular weight is 339 g/mol. The molecule has 0 aliphatic carbocycles. The van der Waals surface area contributed by atoms with Gasteiger partial charge in [-0.3, -0.25) is 4.79 Å². The SMILES string of the molecule is CCCCOc1ccc(C(=O)C=CNc2cc(OC)ccc2C)cc1. The molecule has 2 aromatic carbocycles. The van der Waals surface area contributed by atoms with Gasteiger partial charge in [0.05, 0.1) is 13.7 Å². The van der Waals surface area contributed by atoms with Crippen molar-refractivity contribution in [3.05, 3.63) is 65.9 Å². The Morgan fingerprint density at radius 1 is 1.12 bits per heavy atom. The summed E-state index contributed by atoms with van der Waals surface area (Å²) in [6.45, 7) is 4.82. The number of ketones is 1. The van der Waals surface area contributed by atoms with Gasteiger partial charge in [0.2, 0.25) is 0 Å². The first-order valence-corrected chi connectivity index (χ1v) is 8.49. The molecule has 0 spiro atoms. The highest BCUT2D eigenvalue weighted by molar-refractivity contribution is 6.04. The molecule has 4 nitrogen and oxygen atoms in total. The molecule has 0 heterocycles. The average Bonchev–Trinajstić information content (AvgIpc) is 2.64. The van der Waals surface area contributed by atoms with Gasteiger partial charge >= 0.3 is 0 Å². The van der Waals surface area contributed by atoms with Crippen molar-refractivity contribution in [2.24, 2.45) is 0 Å². The van der Waals surface area contributed by atoms with Crippen molar-refractivity contribution in [1.82, 2.24) is 0 Å². The minimum atomic E-state index is -0.0619. The van der Waals surface area contributed by atoms with E-state index >= 15 is 0 Å². The number of ether oxygens (including phenoxy) is 2. The first-order chi connectivity index (χ1) is 12.1. The van der Waals surface area contributed by atoms with Crippen molar-refractivity contribution < 1.29 is 14.3 Å². The van der Waals surface area contributed by atoms with Crippen molar-refractivity contribution in [2.45, 2.75) is 26.7 Å². The number of allylic oxidation sites excluding steroid dienone is 1. The van der Waals surface area contributed by atoms with E-state index in [1.54, 1.807) is 25.4 Å². The zero-order valence-electron chi connectivity index (χ0n) is 15.0. The van der Waals surface area contributed by atoms with Gasteiger partial charge in [0.25, 0.3) is 0 Å². The first-order valence-electron chi connectivity index (χ1n) is 8.49. The number of carbonyl (C=O) groups excluding carboxylic acids is 1. The van der Waals surface area contributed by atoms with Crippen molar-refractivity contribution in [3.63, 3.8) is 0 Å². The Labute approximate surface area is 149 Å². The molecule has 25 heavy (non-hydrogen) atoms. The lowest BCUT2D eigenvalue weighted by Crippen LogP contribution is -1.99. The maximum Gasteiger partial charge on any atom is 0.187 e. The van der Waals surface area contributed by atoms with E-state index in [-0.39, 0.29) is 5.78 Å². The van der Waals surface area contributed by atoms with E-state index in [4.69, 9.17) is 9.47 Å². The molecule has 0 radical (unpaired) electrons. The van der Waals surface area contributed by atoms with E-state index in [1.165, 1.54) is 6.08 Å². The molecule has 0 bridgehead atoms. The summed E-state index contributed by atoms with van der Waals surface area (Å²) in [4.78, 5) is 12.2.